The smallest absolute Gasteiger partial charge is 0.271 e. The number of nitrogens with one attached hydrogen (secondary N) is 1. The molecule has 27 heavy (non-hydrogen) atoms. The van der Waals surface area contributed by atoms with E-state index < -0.39 is 12.1 Å². The van der Waals surface area contributed by atoms with Gasteiger partial charge < -0.3 is 14.6 Å². The molecule has 0 unspecified atom stereocenters. The third-order valence-corrected chi connectivity index (χ3v) is 3.92. The molecule has 0 heterocycles. The normalized spacial score (nSPS) is 12.0. The fraction of sp³-hybridized carbons (Fsp3) is 0.0952. The molecule has 0 saturated carbocycles. The molecule has 0 saturated heterocycles. The molecule has 0 radical (unpaired) electrons. The van der Waals surface area contributed by atoms with Crippen LogP contribution in [0, 0.1) is 0 Å². The highest BCUT2D eigenvalue weighted by Gasteiger charge is 2.06. The number of aliphatic carboxylic acids is 1. The van der Waals surface area contributed by atoms with Gasteiger partial charge in [0.2, 0.25) is 0 Å². The first-order valence-electron chi connectivity index (χ1n) is 8.33. The third kappa shape index (κ3) is 4.70. The molecule has 0 aliphatic heterocycles. The van der Waals surface area contributed by atoms with Gasteiger partial charge in [-0.15, -0.1) is 0 Å². The van der Waals surface area contributed by atoms with E-state index in [1.54, 1.807) is 30.3 Å². The molecule has 0 aromatic heterocycles. The highest BCUT2D eigenvalue weighted by Crippen LogP contribution is 2.16. The number of carboxylic acids is 1. The Balaban J connectivity index is 1.60. The maximum Gasteiger partial charge on any atom is 0.271 e. The van der Waals surface area contributed by atoms with Crippen molar-refractivity contribution in [2.24, 2.45) is 5.10 Å². The molecular weight excluding hydrogens is 344 g/mol. The predicted molar refractivity (Wildman–Crippen MR) is 101 cm³/mol. The average Bonchev–Trinajstić information content (AvgIpc) is 2.68. The monoisotopic (exact) mass is 361 g/mol. The van der Waals surface area contributed by atoms with Crippen LogP contribution in [0.15, 0.2) is 71.8 Å². The molecule has 6 heteroatoms. The zero-order valence-electron chi connectivity index (χ0n) is 14.6. The Kier molecular flexibility index (Phi) is 5.47. The van der Waals surface area contributed by atoms with Crippen molar-refractivity contribution < 1.29 is 19.4 Å². The average molecular weight is 361 g/mol. The fourth-order valence-corrected chi connectivity index (χ4v) is 2.45. The van der Waals surface area contributed by atoms with Crippen LogP contribution in [-0.4, -0.2) is 24.2 Å². The van der Waals surface area contributed by atoms with E-state index in [9.17, 15) is 14.7 Å². The van der Waals surface area contributed by atoms with Crippen molar-refractivity contribution in [3.05, 3.63) is 77.9 Å². The number of hydrogen-bond acceptors (Lipinski definition) is 5. The number of carbonyl (C=O) groups is 2. The van der Waals surface area contributed by atoms with E-state index in [2.05, 4.69) is 10.5 Å². The zero-order chi connectivity index (χ0) is 19.2. The molecule has 1 N–H and O–H groups in total. The molecule has 3 aromatic carbocycles. The van der Waals surface area contributed by atoms with Gasteiger partial charge in [0, 0.05) is 5.56 Å². The van der Waals surface area contributed by atoms with Crippen LogP contribution in [-0.2, 0) is 4.79 Å². The third-order valence-electron chi connectivity index (χ3n) is 3.92. The molecule has 0 aliphatic rings. The first-order chi connectivity index (χ1) is 13.0. The summed E-state index contributed by atoms with van der Waals surface area (Å²) in [6.45, 7) is 1.40. The van der Waals surface area contributed by atoms with Gasteiger partial charge in [0.25, 0.3) is 5.91 Å². The van der Waals surface area contributed by atoms with Gasteiger partial charge in [0.15, 0.2) is 0 Å². The summed E-state index contributed by atoms with van der Waals surface area (Å²) in [6.07, 6.45) is 0.455. The molecule has 136 valence electrons. The SMILES string of the molecule is C[C@H](Oc1ccc(/C=N\NC(=O)c2ccc3ccccc3c2)cc1)C(=O)[O-]. The number of nitrogens with zero attached hydrogens (tertiary/aromatic N) is 1. The molecule has 0 aliphatic carbocycles. The quantitative estimate of drug-likeness (QED) is 0.538. The highest BCUT2D eigenvalue weighted by atomic mass is 16.5. The maximum atomic E-state index is 12.2. The first-order valence-corrected chi connectivity index (χ1v) is 8.33. The lowest BCUT2D eigenvalue weighted by molar-refractivity contribution is -0.312. The lowest BCUT2D eigenvalue weighted by Crippen LogP contribution is -2.37. The number of carbonyl (C=O) groups excluding carboxylic acids is 2. The minimum Gasteiger partial charge on any atom is -0.546 e. The summed E-state index contributed by atoms with van der Waals surface area (Å²) in [5.41, 5.74) is 3.73. The number of rotatable bonds is 6. The van der Waals surface area contributed by atoms with Crippen LogP contribution in [0.3, 0.4) is 0 Å². The second kappa shape index (κ2) is 8.14. The lowest BCUT2D eigenvalue weighted by atomic mass is 10.1. The van der Waals surface area contributed by atoms with Crippen LogP contribution in [0.4, 0.5) is 0 Å². The summed E-state index contributed by atoms with van der Waals surface area (Å²) in [6, 6.07) is 19.9. The Labute approximate surface area is 156 Å². The fourth-order valence-electron chi connectivity index (χ4n) is 2.45. The Bertz CT molecular complexity index is 996. The lowest BCUT2D eigenvalue weighted by Gasteiger charge is -2.15. The van der Waals surface area contributed by atoms with Gasteiger partial charge in [0.1, 0.15) is 11.9 Å². The number of carboxylic acid groups (broad SMARTS) is 1. The van der Waals surface area contributed by atoms with E-state index in [1.807, 2.05) is 36.4 Å². The second-order valence-electron chi connectivity index (χ2n) is 5.91. The number of fused-ring (bicyclic) bond motifs is 1. The van der Waals surface area contributed by atoms with Gasteiger partial charge >= 0.3 is 0 Å². The van der Waals surface area contributed by atoms with Gasteiger partial charge in [0.05, 0.1) is 12.2 Å². The van der Waals surface area contributed by atoms with Gasteiger partial charge in [-0.1, -0.05) is 30.3 Å². The summed E-state index contributed by atoms with van der Waals surface area (Å²) in [5.74, 6) is -1.18. The highest BCUT2D eigenvalue weighted by molar-refractivity contribution is 5.98. The van der Waals surface area contributed by atoms with Crippen molar-refractivity contribution in [1.29, 1.82) is 0 Å². The predicted octanol–water partition coefficient (Wildman–Crippen LogP) is 2.12. The van der Waals surface area contributed by atoms with E-state index >= 15 is 0 Å². The molecule has 0 fully saturated rings. The number of amides is 1. The topological polar surface area (TPSA) is 90.8 Å². The van der Waals surface area contributed by atoms with E-state index in [0.717, 1.165) is 16.3 Å². The second-order valence-corrected chi connectivity index (χ2v) is 5.91. The van der Waals surface area contributed by atoms with E-state index in [-0.39, 0.29) is 5.91 Å². The molecule has 3 aromatic rings. The van der Waals surface area contributed by atoms with Gasteiger partial charge in [-0.2, -0.15) is 5.10 Å². The van der Waals surface area contributed by atoms with Crippen LogP contribution in [0.2, 0.25) is 0 Å². The van der Waals surface area contributed by atoms with Crippen LogP contribution in [0.5, 0.6) is 5.75 Å². The molecule has 0 spiro atoms. The van der Waals surface area contributed by atoms with Crippen molar-refractivity contribution in [3.8, 4) is 5.75 Å². The van der Waals surface area contributed by atoms with Crippen LogP contribution >= 0.6 is 0 Å². The van der Waals surface area contributed by atoms with Crippen LogP contribution in [0.25, 0.3) is 10.8 Å². The van der Waals surface area contributed by atoms with Crippen molar-refractivity contribution in [1.82, 2.24) is 5.43 Å². The van der Waals surface area contributed by atoms with Crippen molar-refractivity contribution in [3.63, 3.8) is 0 Å². The minimum atomic E-state index is -1.28. The molecule has 1 atom stereocenters. The van der Waals surface area contributed by atoms with Crippen LogP contribution < -0.4 is 15.3 Å². The van der Waals surface area contributed by atoms with E-state index in [0.29, 0.717) is 11.3 Å². The largest absolute Gasteiger partial charge is 0.546 e. The Morgan fingerprint density at radius 1 is 1.04 bits per heavy atom. The Morgan fingerprint density at radius 2 is 1.74 bits per heavy atom. The van der Waals surface area contributed by atoms with Crippen molar-refractivity contribution >= 4 is 28.9 Å². The summed E-state index contributed by atoms with van der Waals surface area (Å²) >= 11 is 0. The summed E-state index contributed by atoms with van der Waals surface area (Å²) in [7, 11) is 0. The van der Waals surface area contributed by atoms with E-state index in [1.165, 1.54) is 13.1 Å². The number of hydrogen-bond donors (Lipinski definition) is 1. The van der Waals surface area contributed by atoms with Gasteiger partial charge in [-0.3, -0.25) is 4.79 Å². The number of ether oxygens (including phenoxy) is 1. The standard InChI is InChI=1S/C21H18N2O4/c1-14(21(25)26)27-19-10-6-15(7-11-19)13-22-23-20(24)18-9-8-16-4-2-3-5-17(16)12-18/h2-14H,1H3,(H,23,24)(H,25,26)/p-1/b22-13-/t14-/m0/s1. The summed E-state index contributed by atoms with van der Waals surface area (Å²) in [4.78, 5) is 22.9. The summed E-state index contributed by atoms with van der Waals surface area (Å²) in [5, 5.41) is 16.7. The molecule has 1 amide bonds. The van der Waals surface area contributed by atoms with Crippen molar-refractivity contribution in [2.45, 2.75) is 13.0 Å². The van der Waals surface area contributed by atoms with Crippen molar-refractivity contribution in [2.75, 3.05) is 0 Å². The number of benzene rings is 3. The molecule has 6 nitrogen and oxygen atoms in total. The Hall–Kier alpha value is -3.67. The van der Waals surface area contributed by atoms with E-state index in [4.69, 9.17) is 4.74 Å². The van der Waals surface area contributed by atoms with Gasteiger partial charge in [-0.05, 0) is 59.7 Å². The zero-order valence-corrected chi connectivity index (χ0v) is 14.6. The molecule has 0 bridgehead atoms. The molecule has 3 rings (SSSR count). The Morgan fingerprint density at radius 3 is 2.44 bits per heavy atom. The molecular formula is C21H17N2O4-. The number of hydrazone groups is 1. The van der Waals surface area contributed by atoms with Crippen LogP contribution in [0.1, 0.15) is 22.8 Å². The summed E-state index contributed by atoms with van der Waals surface area (Å²) < 4.78 is 5.19. The maximum absolute atomic E-state index is 12.2. The minimum absolute atomic E-state index is 0.306. The van der Waals surface area contributed by atoms with Gasteiger partial charge in [-0.25, -0.2) is 5.43 Å². The first kappa shape index (κ1) is 18.1.